The third kappa shape index (κ3) is 2.21. The van der Waals surface area contributed by atoms with Crippen LogP contribution in [-0.4, -0.2) is 24.2 Å². The van der Waals surface area contributed by atoms with Gasteiger partial charge >= 0.3 is 5.97 Å². The minimum Gasteiger partial charge on any atom is -0.481 e. The van der Waals surface area contributed by atoms with Crippen molar-refractivity contribution >= 4 is 21.9 Å². The second-order valence-corrected chi connectivity index (χ2v) is 4.68. The number of hydrogen-bond acceptors (Lipinski definition) is 2. The normalized spacial score (nSPS) is 25.4. The molecule has 0 spiro atoms. The van der Waals surface area contributed by atoms with Crippen LogP contribution >= 0.6 is 15.9 Å². The van der Waals surface area contributed by atoms with E-state index >= 15 is 0 Å². The first-order valence-electron chi connectivity index (χ1n) is 4.87. The van der Waals surface area contributed by atoms with Crippen molar-refractivity contribution in [1.29, 1.82) is 0 Å². The molecule has 1 saturated heterocycles. The van der Waals surface area contributed by atoms with Gasteiger partial charge in [-0.25, -0.2) is 0 Å². The second kappa shape index (κ2) is 4.33. The Morgan fingerprint density at radius 1 is 1.33 bits per heavy atom. The zero-order valence-corrected chi connectivity index (χ0v) is 9.70. The molecule has 0 unspecified atom stereocenters. The van der Waals surface area contributed by atoms with Gasteiger partial charge in [0, 0.05) is 23.5 Å². The Bertz CT molecular complexity index is 363. The summed E-state index contributed by atoms with van der Waals surface area (Å²) in [6.45, 7) is 1.31. The third-order valence-electron chi connectivity index (χ3n) is 2.83. The number of halogens is 1. The largest absolute Gasteiger partial charge is 0.481 e. The fourth-order valence-corrected chi connectivity index (χ4v) is 2.26. The van der Waals surface area contributed by atoms with Gasteiger partial charge in [-0.05, 0) is 17.7 Å². The summed E-state index contributed by atoms with van der Waals surface area (Å²) in [6, 6.07) is 7.87. The van der Waals surface area contributed by atoms with Crippen molar-refractivity contribution in [2.75, 3.05) is 13.1 Å². The molecule has 1 aromatic rings. The number of aliphatic carboxylic acids is 1. The van der Waals surface area contributed by atoms with Crippen LogP contribution in [0, 0.1) is 5.92 Å². The third-order valence-corrected chi connectivity index (χ3v) is 3.36. The average Bonchev–Trinajstić information content (AvgIpc) is 2.67. The van der Waals surface area contributed by atoms with Crippen LogP contribution in [0.4, 0.5) is 0 Å². The van der Waals surface area contributed by atoms with Crippen molar-refractivity contribution in [1.82, 2.24) is 5.32 Å². The van der Waals surface area contributed by atoms with E-state index in [1.807, 2.05) is 24.3 Å². The van der Waals surface area contributed by atoms with Crippen LogP contribution in [0.15, 0.2) is 28.7 Å². The van der Waals surface area contributed by atoms with Gasteiger partial charge < -0.3 is 10.4 Å². The molecule has 1 heterocycles. The highest BCUT2D eigenvalue weighted by atomic mass is 79.9. The summed E-state index contributed by atoms with van der Waals surface area (Å²) in [7, 11) is 0. The van der Waals surface area contributed by atoms with Crippen LogP contribution in [-0.2, 0) is 4.79 Å². The fourth-order valence-electron chi connectivity index (χ4n) is 2.00. The maximum absolute atomic E-state index is 11.0. The number of hydrogen-bond donors (Lipinski definition) is 2. The van der Waals surface area contributed by atoms with E-state index in [9.17, 15) is 4.79 Å². The van der Waals surface area contributed by atoms with E-state index in [4.69, 9.17) is 5.11 Å². The first kappa shape index (κ1) is 10.6. The van der Waals surface area contributed by atoms with Crippen molar-refractivity contribution in [3.8, 4) is 0 Å². The summed E-state index contributed by atoms with van der Waals surface area (Å²) in [5.41, 5.74) is 1.09. The van der Waals surface area contributed by atoms with Crippen molar-refractivity contribution in [2.45, 2.75) is 5.92 Å². The highest BCUT2D eigenvalue weighted by Gasteiger charge is 2.33. The molecule has 2 N–H and O–H groups in total. The Labute approximate surface area is 96.6 Å². The lowest BCUT2D eigenvalue weighted by Gasteiger charge is -2.14. The Hall–Kier alpha value is -0.870. The van der Waals surface area contributed by atoms with Gasteiger partial charge in [-0.1, -0.05) is 28.1 Å². The molecule has 1 aromatic carbocycles. The highest BCUT2D eigenvalue weighted by molar-refractivity contribution is 9.10. The van der Waals surface area contributed by atoms with E-state index in [0.717, 1.165) is 16.6 Å². The Morgan fingerprint density at radius 2 is 2.00 bits per heavy atom. The Kier molecular flexibility index (Phi) is 3.07. The minimum absolute atomic E-state index is 0.0931. The molecule has 3 nitrogen and oxygen atoms in total. The lowest BCUT2D eigenvalue weighted by atomic mass is 9.89. The van der Waals surface area contributed by atoms with Gasteiger partial charge in [0.1, 0.15) is 0 Å². The van der Waals surface area contributed by atoms with Crippen LogP contribution in [0.25, 0.3) is 0 Å². The van der Waals surface area contributed by atoms with Crippen LogP contribution in [0.3, 0.4) is 0 Å². The maximum Gasteiger partial charge on any atom is 0.308 e. The van der Waals surface area contributed by atoms with Gasteiger partial charge in [-0.3, -0.25) is 4.79 Å². The van der Waals surface area contributed by atoms with E-state index in [0.29, 0.717) is 6.54 Å². The highest BCUT2D eigenvalue weighted by Crippen LogP contribution is 2.29. The number of carbonyl (C=O) groups is 1. The standard InChI is InChI=1S/C11H12BrNO2/c12-8-3-1-7(2-4-8)9-5-13-6-10(9)11(14)15/h1-4,9-10,13H,5-6H2,(H,14,15)/t9-,10-/m0/s1. The lowest BCUT2D eigenvalue weighted by Crippen LogP contribution is -2.20. The second-order valence-electron chi connectivity index (χ2n) is 3.76. The van der Waals surface area contributed by atoms with Gasteiger partial charge in [-0.15, -0.1) is 0 Å². The first-order valence-corrected chi connectivity index (χ1v) is 5.67. The van der Waals surface area contributed by atoms with Crippen molar-refractivity contribution in [3.05, 3.63) is 34.3 Å². The van der Waals surface area contributed by atoms with Crippen LogP contribution < -0.4 is 5.32 Å². The monoisotopic (exact) mass is 269 g/mol. The number of benzene rings is 1. The lowest BCUT2D eigenvalue weighted by molar-refractivity contribution is -0.141. The molecular weight excluding hydrogens is 258 g/mol. The molecule has 2 atom stereocenters. The molecule has 0 saturated carbocycles. The Morgan fingerprint density at radius 3 is 2.60 bits per heavy atom. The van der Waals surface area contributed by atoms with Crippen molar-refractivity contribution < 1.29 is 9.90 Å². The van der Waals surface area contributed by atoms with Crippen molar-refractivity contribution in [2.24, 2.45) is 5.92 Å². The molecule has 80 valence electrons. The molecule has 0 radical (unpaired) electrons. The van der Waals surface area contributed by atoms with Crippen LogP contribution in [0.5, 0.6) is 0 Å². The number of carboxylic acids is 1. The predicted octanol–water partition coefficient (Wildman–Crippen LogP) is 1.84. The topological polar surface area (TPSA) is 49.3 Å². The SMILES string of the molecule is O=C(O)[C@H]1CNC[C@H]1c1ccc(Br)cc1. The molecular formula is C11H12BrNO2. The van der Waals surface area contributed by atoms with Crippen LogP contribution in [0.2, 0.25) is 0 Å². The van der Waals surface area contributed by atoms with Crippen molar-refractivity contribution in [3.63, 3.8) is 0 Å². The predicted molar refractivity (Wildman–Crippen MR) is 60.9 cm³/mol. The molecule has 1 aliphatic heterocycles. The number of nitrogens with one attached hydrogen (secondary N) is 1. The molecule has 1 aliphatic rings. The molecule has 0 aliphatic carbocycles. The summed E-state index contributed by atoms with van der Waals surface area (Å²) in [6.07, 6.45) is 0. The average molecular weight is 270 g/mol. The summed E-state index contributed by atoms with van der Waals surface area (Å²) >= 11 is 3.37. The zero-order valence-electron chi connectivity index (χ0n) is 8.11. The summed E-state index contributed by atoms with van der Waals surface area (Å²) < 4.78 is 1.02. The van der Waals surface area contributed by atoms with E-state index in [1.54, 1.807) is 0 Å². The van der Waals surface area contributed by atoms with Gasteiger partial charge in [0.25, 0.3) is 0 Å². The molecule has 4 heteroatoms. The zero-order chi connectivity index (χ0) is 10.8. The quantitative estimate of drug-likeness (QED) is 0.862. The van der Waals surface area contributed by atoms with Gasteiger partial charge in [-0.2, -0.15) is 0 Å². The summed E-state index contributed by atoms with van der Waals surface area (Å²) in [5.74, 6) is -0.922. The van der Waals surface area contributed by atoms with Crippen LogP contribution in [0.1, 0.15) is 11.5 Å². The van der Waals surface area contributed by atoms with E-state index in [-0.39, 0.29) is 11.8 Å². The van der Waals surface area contributed by atoms with E-state index in [2.05, 4.69) is 21.2 Å². The van der Waals surface area contributed by atoms with Gasteiger partial charge in [0.2, 0.25) is 0 Å². The van der Waals surface area contributed by atoms with Gasteiger partial charge in [0.15, 0.2) is 0 Å². The summed E-state index contributed by atoms with van der Waals surface area (Å²) in [4.78, 5) is 11.0. The molecule has 0 amide bonds. The first-order chi connectivity index (χ1) is 7.18. The molecule has 15 heavy (non-hydrogen) atoms. The fraction of sp³-hybridized carbons (Fsp3) is 0.364. The molecule has 0 aromatic heterocycles. The molecule has 0 bridgehead atoms. The number of carboxylic acid groups (broad SMARTS) is 1. The minimum atomic E-state index is -0.715. The smallest absolute Gasteiger partial charge is 0.308 e. The summed E-state index contributed by atoms with van der Waals surface area (Å²) in [5, 5.41) is 12.2. The number of rotatable bonds is 2. The van der Waals surface area contributed by atoms with E-state index in [1.165, 1.54) is 0 Å². The maximum atomic E-state index is 11.0. The van der Waals surface area contributed by atoms with Gasteiger partial charge in [0.05, 0.1) is 5.92 Å². The molecule has 2 rings (SSSR count). The molecule has 1 fully saturated rings. The Balaban J connectivity index is 2.22. The van der Waals surface area contributed by atoms with E-state index < -0.39 is 5.97 Å².